The summed E-state index contributed by atoms with van der Waals surface area (Å²) in [4.78, 5) is 11.1. The van der Waals surface area contributed by atoms with Gasteiger partial charge in [-0.15, -0.1) is 0 Å². The third-order valence-corrected chi connectivity index (χ3v) is 2.16. The van der Waals surface area contributed by atoms with Gasteiger partial charge < -0.3 is 0 Å². The fraction of sp³-hybridized carbons (Fsp3) is 0.778. The van der Waals surface area contributed by atoms with Crippen molar-refractivity contribution < 1.29 is 4.79 Å². The van der Waals surface area contributed by atoms with E-state index in [4.69, 9.17) is 5.26 Å². The molecule has 0 aromatic heterocycles. The molecule has 0 aromatic carbocycles. The maximum atomic E-state index is 11.1. The Morgan fingerprint density at radius 1 is 1.36 bits per heavy atom. The van der Waals surface area contributed by atoms with E-state index in [9.17, 15) is 4.79 Å². The van der Waals surface area contributed by atoms with Crippen molar-refractivity contribution in [1.29, 1.82) is 5.26 Å². The van der Waals surface area contributed by atoms with Crippen molar-refractivity contribution in [3.05, 3.63) is 0 Å². The highest BCUT2D eigenvalue weighted by molar-refractivity contribution is 5.78. The Morgan fingerprint density at radius 3 is 2.91 bits per heavy atom. The van der Waals surface area contributed by atoms with Crippen LogP contribution in [0.4, 0.5) is 0 Å². The normalized spacial score (nSPS) is 26.8. The summed E-state index contributed by atoms with van der Waals surface area (Å²) >= 11 is 0. The van der Waals surface area contributed by atoms with Crippen LogP contribution in [0.25, 0.3) is 0 Å². The predicted molar refractivity (Wildman–Crippen MR) is 41.8 cm³/mol. The van der Waals surface area contributed by atoms with Crippen LogP contribution in [-0.4, -0.2) is 5.78 Å². The van der Waals surface area contributed by atoms with E-state index < -0.39 is 0 Å². The number of nitrogens with zero attached hydrogens (tertiary/aromatic N) is 1. The summed E-state index contributed by atoms with van der Waals surface area (Å²) in [5.41, 5.74) is 0. The van der Waals surface area contributed by atoms with Crippen LogP contribution in [-0.2, 0) is 4.79 Å². The standard InChI is InChI=1S/C9H13NO/c10-7-8-4-2-1-3-5-9(11)6-8/h8H,1-6H2/t8-/m0/s1. The molecule has 1 atom stereocenters. The molecule has 0 N–H and O–H groups in total. The molecule has 0 aromatic rings. The summed E-state index contributed by atoms with van der Waals surface area (Å²) < 4.78 is 0. The average molecular weight is 151 g/mol. The minimum atomic E-state index is 0.00259. The molecular weight excluding hydrogens is 138 g/mol. The maximum absolute atomic E-state index is 11.1. The van der Waals surface area contributed by atoms with Gasteiger partial charge in [-0.3, -0.25) is 4.79 Å². The van der Waals surface area contributed by atoms with Crippen LogP contribution in [0.15, 0.2) is 0 Å². The molecule has 0 aliphatic heterocycles. The zero-order chi connectivity index (χ0) is 8.10. The van der Waals surface area contributed by atoms with Crippen LogP contribution >= 0.6 is 0 Å². The molecule has 0 heterocycles. The highest BCUT2D eigenvalue weighted by atomic mass is 16.1. The van der Waals surface area contributed by atoms with Crippen molar-refractivity contribution in [2.24, 2.45) is 5.92 Å². The van der Waals surface area contributed by atoms with Gasteiger partial charge in [0, 0.05) is 12.8 Å². The molecule has 2 heteroatoms. The molecular formula is C9H13NO. The Bertz CT molecular complexity index is 180. The van der Waals surface area contributed by atoms with Crippen LogP contribution in [0.3, 0.4) is 0 Å². The number of carbonyl (C=O) groups excluding carboxylic acids is 1. The Hall–Kier alpha value is -0.840. The third kappa shape index (κ3) is 2.71. The molecule has 60 valence electrons. The number of carbonyl (C=O) groups is 1. The van der Waals surface area contributed by atoms with E-state index >= 15 is 0 Å². The van der Waals surface area contributed by atoms with Crippen molar-refractivity contribution in [3.63, 3.8) is 0 Å². The lowest BCUT2D eigenvalue weighted by molar-refractivity contribution is -0.120. The van der Waals surface area contributed by atoms with E-state index in [0.717, 1.165) is 25.7 Å². The second kappa shape index (κ2) is 4.12. The van der Waals surface area contributed by atoms with Gasteiger partial charge in [0.1, 0.15) is 5.78 Å². The molecule has 0 saturated heterocycles. The summed E-state index contributed by atoms with van der Waals surface area (Å²) in [6.07, 6.45) is 5.36. The van der Waals surface area contributed by atoms with Crippen molar-refractivity contribution in [1.82, 2.24) is 0 Å². The molecule has 0 radical (unpaired) electrons. The molecule has 1 saturated carbocycles. The largest absolute Gasteiger partial charge is 0.300 e. The van der Waals surface area contributed by atoms with Gasteiger partial charge in [-0.05, 0) is 12.8 Å². The number of nitriles is 1. The van der Waals surface area contributed by atoms with E-state index in [0.29, 0.717) is 12.8 Å². The lowest BCUT2D eigenvalue weighted by Gasteiger charge is -2.11. The maximum Gasteiger partial charge on any atom is 0.134 e. The minimum Gasteiger partial charge on any atom is -0.300 e. The van der Waals surface area contributed by atoms with Gasteiger partial charge in [0.05, 0.1) is 12.0 Å². The van der Waals surface area contributed by atoms with Gasteiger partial charge in [-0.1, -0.05) is 12.8 Å². The Kier molecular flexibility index (Phi) is 3.10. The molecule has 1 fully saturated rings. The second-order valence-corrected chi connectivity index (χ2v) is 3.17. The number of rotatable bonds is 0. The molecule has 0 bridgehead atoms. The Balaban J connectivity index is 2.43. The molecule has 1 rings (SSSR count). The number of Topliss-reactive ketones (excluding diaryl/α,β-unsaturated/α-hetero) is 1. The summed E-state index contributed by atoms with van der Waals surface area (Å²) in [5.74, 6) is 0.277. The first-order chi connectivity index (χ1) is 5.33. The number of ketones is 1. The fourth-order valence-corrected chi connectivity index (χ4v) is 1.48. The smallest absolute Gasteiger partial charge is 0.134 e. The molecule has 0 unspecified atom stereocenters. The first kappa shape index (κ1) is 8.26. The second-order valence-electron chi connectivity index (χ2n) is 3.17. The minimum absolute atomic E-state index is 0.00259. The van der Waals surface area contributed by atoms with Gasteiger partial charge in [0.25, 0.3) is 0 Å². The monoisotopic (exact) mass is 151 g/mol. The van der Waals surface area contributed by atoms with Gasteiger partial charge in [0.2, 0.25) is 0 Å². The first-order valence-corrected chi connectivity index (χ1v) is 4.24. The topological polar surface area (TPSA) is 40.9 Å². The van der Waals surface area contributed by atoms with Gasteiger partial charge in [-0.25, -0.2) is 0 Å². The van der Waals surface area contributed by atoms with Crippen LogP contribution in [0.1, 0.15) is 38.5 Å². The number of hydrogen-bond donors (Lipinski definition) is 0. The van der Waals surface area contributed by atoms with Gasteiger partial charge in [-0.2, -0.15) is 5.26 Å². The van der Waals surface area contributed by atoms with E-state index in [2.05, 4.69) is 6.07 Å². The molecule has 1 aliphatic rings. The van der Waals surface area contributed by atoms with Crippen LogP contribution < -0.4 is 0 Å². The molecule has 11 heavy (non-hydrogen) atoms. The predicted octanol–water partition coefficient (Wildman–Crippen LogP) is 2.05. The van der Waals surface area contributed by atoms with Crippen molar-refractivity contribution in [2.75, 3.05) is 0 Å². The lowest BCUT2D eigenvalue weighted by atomic mass is 9.92. The summed E-state index contributed by atoms with van der Waals surface area (Å²) in [6.45, 7) is 0. The quantitative estimate of drug-likeness (QED) is 0.531. The molecule has 0 amide bonds. The van der Waals surface area contributed by atoms with E-state index in [1.54, 1.807) is 0 Å². The van der Waals surface area contributed by atoms with Gasteiger partial charge >= 0.3 is 0 Å². The van der Waals surface area contributed by atoms with E-state index in [1.165, 1.54) is 0 Å². The molecule has 0 spiro atoms. The van der Waals surface area contributed by atoms with Crippen LogP contribution in [0, 0.1) is 17.2 Å². The van der Waals surface area contributed by atoms with Crippen molar-refractivity contribution in [2.45, 2.75) is 38.5 Å². The highest BCUT2D eigenvalue weighted by Gasteiger charge is 2.15. The summed E-state index contributed by atoms with van der Waals surface area (Å²) in [5, 5.41) is 8.62. The van der Waals surface area contributed by atoms with Crippen LogP contribution in [0.2, 0.25) is 0 Å². The lowest BCUT2D eigenvalue weighted by Crippen LogP contribution is -2.09. The molecule has 1 aliphatic carbocycles. The van der Waals surface area contributed by atoms with E-state index in [-0.39, 0.29) is 11.7 Å². The zero-order valence-electron chi connectivity index (χ0n) is 6.68. The van der Waals surface area contributed by atoms with Gasteiger partial charge in [0.15, 0.2) is 0 Å². The fourth-order valence-electron chi connectivity index (χ4n) is 1.48. The highest BCUT2D eigenvalue weighted by Crippen LogP contribution is 2.19. The first-order valence-electron chi connectivity index (χ1n) is 4.24. The van der Waals surface area contributed by atoms with E-state index in [1.807, 2.05) is 0 Å². The van der Waals surface area contributed by atoms with Crippen molar-refractivity contribution >= 4 is 5.78 Å². The summed E-state index contributed by atoms with van der Waals surface area (Å²) in [6, 6.07) is 2.18. The Labute approximate surface area is 67.2 Å². The Morgan fingerprint density at radius 2 is 2.18 bits per heavy atom. The summed E-state index contributed by atoms with van der Waals surface area (Å²) in [7, 11) is 0. The third-order valence-electron chi connectivity index (χ3n) is 2.16. The SMILES string of the molecule is N#C[C@H]1CCCCCC(=O)C1. The zero-order valence-corrected chi connectivity index (χ0v) is 6.68. The van der Waals surface area contributed by atoms with Crippen LogP contribution in [0.5, 0.6) is 0 Å². The average Bonchev–Trinajstić information content (AvgIpc) is 1.96. The number of hydrogen-bond acceptors (Lipinski definition) is 2. The van der Waals surface area contributed by atoms with Crippen molar-refractivity contribution in [3.8, 4) is 6.07 Å². The molecule has 2 nitrogen and oxygen atoms in total.